The number of hydrogen-bond acceptors (Lipinski definition) is 7. The molecule has 1 heterocycles. The fourth-order valence-corrected chi connectivity index (χ4v) is 3.71. The van der Waals surface area contributed by atoms with Crippen LogP contribution in [-0.2, 0) is 11.3 Å². The topological polar surface area (TPSA) is 77.7 Å². The van der Waals surface area contributed by atoms with Crippen LogP contribution in [-0.4, -0.2) is 47.5 Å². The average molecular weight is 442 g/mol. The van der Waals surface area contributed by atoms with Crippen molar-refractivity contribution < 1.29 is 18.7 Å². The number of benzene rings is 2. The molecule has 0 saturated carbocycles. The van der Waals surface area contributed by atoms with E-state index in [1.54, 1.807) is 32.4 Å². The van der Waals surface area contributed by atoms with Gasteiger partial charge in [0.25, 0.3) is 11.1 Å². The van der Waals surface area contributed by atoms with E-state index < -0.39 is 0 Å². The Kier molecular flexibility index (Phi) is 7.94. The van der Waals surface area contributed by atoms with Crippen molar-refractivity contribution in [3.63, 3.8) is 0 Å². The molecule has 2 aromatic carbocycles. The third kappa shape index (κ3) is 6.01. The molecular formula is C23H27N3O4S. The van der Waals surface area contributed by atoms with Gasteiger partial charge in [-0.15, -0.1) is 10.2 Å². The molecule has 0 saturated heterocycles. The number of rotatable bonds is 10. The van der Waals surface area contributed by atoms with Crippen molar-refractivity contribution >= 4 is 17.7 Å². The molecule has 0 aliphatic carbocycles. The molecule has 31 heavy (non-hydrogen) atoms. The Hall–Kier alpha value is -3.00. The fourth-order valence-electron chi connectivity index (χ4n) is 3.04. The third-order valence-corrected chi connectivity index (χ3v) is 5.51. The van der Waals surface area contributed by atoms with Gasteiger partial charge in [-0.1, -0.05) is 48.5 Å². The van der Waals surface area contributed by atoms with E-state index in [0.29, 0.717) is 41.3 Å². The maximum absolute atomic E-state index is 12.8. The Bertz CT molecular complexity index is 1000. The maximum atomic E-state index is 12.8. The molecule has 0 fully saturated rings. The van der Waals surface area contributed by atoms with Crippen LogP contribution in [0.5, 0.6) is 11.5 Å². The molecule has 3 rings (SSSR count). The molecule has 0 spiro atoms. The van der Waals surface area contributed by atoms with E-state index in [-0.39, 0.29) is 11.7 Å². The van der Waals surface area contributed by atoms with Crippen molar-refractivity contribution in [2.45, 2.75) is 32.0 Å². The molecule has 0 aliphatic rings. The van der Waals surface area contributed by atoms with Gasteiger partial charge < -0.3 is 18.8 Å². The minimum atomic E-state index is 0.0363. The number of ether oxygens (including phenoxy) is 2. The van der Waals surface area contributed by atoms with Crippen molar-refractivity contribution in [2.24, 2.45) is 0 Å². The second kappa shape index (κ2) is 10.9. The Morgan fingerprint density at radius 2 is 1.87 bits per heavy atom. The van der Waals surface area contributed by atoms with Crippen molar-refractivity contribution in [3.05, 3.63) is 53.6 Å². The second-order valence-electron chi connectivity index (χ2n) is 7.03. The standard InChI is InChI=1S/C23H27N3O4S/c1-5-12-26(14-17-8-6-16(2)7-9-17)21(27)15-31-23-25-24-22(30-23)19-11-10-18(28-3)13-20(19)29-4/h6-11,13H,5,12,14-15H2,1-4H3. The van der Waals surface area contributed by atoms with Gasteiger partial charge in [0, 0.05) is 19.2 Å². The number of carbonyl (C=O) groups is 1. The van der Waals surface area contributed by atoms with Crippen LogP contribution in [0.1, 0.15) is 24.5 Å². The summed E-state index contributed by atoms with van der Waals surface area (Å²) < 4.78 is 16.4. The predicted octanol–water partition coefficient (Wildman–Crippen LogP) is 4.59. The highest BCUT2D eigenvalue weighted by molar-refractivity contribution is 7.99. The van der Waals surface area contributed by atoms with E-state index in [4.69, 9.17) is 13.9 Å². The molecule has 8 heteroatoms. The van der Waals surface area contributed by atoms with E-state index in [0.717, 1.165) is 12.0 Å². The van der Waals surface area contributed by atoms with E-state index in [2.05, 4.69) is 48.3 Å². The van der Waals surface area contributed by atoms with Gasteiger partial charge in [-0.05, 0) is 31.0 Å². The zero-order valence-electron chi connectivity index (χ0n) is 18.3. The molecule has 0 bridgehead atoms. The van der Waals surface area contributed by atoms with Crippen molar-refractivity contribution in [3.8, 4) is 23.0 Å². The van der Waals surface area contributed by atoms with E-state index >= 15 is 0 Å². The Morgan fingerprint density at radius 3 is 2.55 bits per heavy atom. The van der Waals surface area contributed by atoms with E-state index in [1.165, 1.54) is 17.3 Å². The summed E-state index contributed by atoms with van der Waals surface area (Å²) in [5.74, 6) is 1.84. The quantitative estimate of drug-likeness (QED) is 0.426. The fraction of sp³-hybridized carbons (Fsp3) is 0.348. The molecule has 7 nitrogen and oxygen atoms in total. The molecule has 164 valence electrons. The monoisotopic (exact) mass is 441 g/mol. The molecule has 0 N–H and O–H groups in total. The predicted molar refractivity (Wildman–Crippen MR) is 120 cm³/mol. The SMILES string of the molecule is CCCN(Cc1ccc(C)cc1)C(=O)CSc1nnc(-c2ccc(OC)cc2OC)o1. The summed E-state index contributed by atoms with van der Waals surface area (Å²) in [6.45, 7) is 5.40. The summed E-state index contributed by atoms with van der Waals surface area (Å²) in [4.78, 5) is 14.7. The summed E-state index contributed by atoms with van der Waals surface area (Å²) in [6.07, 6.45) is 0.893. The van der Waals surface area contributed by atoms with Crippen LogP contribution < -0.4 is 9.47 Å². The highest BCUT2D eigenvalue weighted by atomic mass is 32.2. The molecule has 0 unspecified atom stereocenters. The average Bonchev–Trinajstić information content (AvgIpc) is 3.27. The van der Waals surface area contributed by atoms with E-state index in [9.17, 15) is 4.79 Å². The number of carbonyl (C=O) groups excluding carboxylic acids is 1. The van der Waals surface area contributed by atoms with Crippen LogP contribution in [0.4, 0.5) is 0 Å². The largest absolute Gasteiger partial charge is 0.497 e. The van der Waals surface area contributed by atoms with Gasteiger partial charge in [0.1, 0.15) is 11.5 Å². The Labute approximate surface area is 186 Å². The van der Waals surface area contributed by atoms with Crippen molar-refractivity contribution in [2.75, 3.05) is 26.5 Å². The summed E-state index contributed by atoms with van der Waals surface area (Å²) in [5.41, 5.74) is 2.98. The van der Waals surface area contributed by atoms with E-state index in [1.807, 2.05) is 4.90 Å². The first-order chi connectivity index (χ1) is 15.0. The van der Waals surface area contributed by atoms with Gasteiger partial charge in [0.05, 0.1) is 25.5 Å². The lowest BCUT2D eigenvalue weighted by Crippen LogP contribution is -2.32. The summed E-state index contributed by atoms with van der Waals surface area (Å²) in [6, 6.07) is 13.6. The lowest BCUT2D eigenvalue weighted by Gasteiger charge is -2.22. The molecular weight excluding hydrogens is 414 g/mol. The number of aromatic nitrogens is 2. The molecule has 1 aromatic heterocycles. The number of thioether (sulfide) groups is 1. The number of hydrogen-bond donors (Lipinski definition) is 0. The van der Waals surface area contributed by atoms with Crippen LogP contribution in [0.2, 0.25) is 0 Å². The van der Waals surface area contributed by atoms with Gasteiger partial charge in [0.15, 0.2) is 0 Å². The van der Waals surface area contributed by atoms with Crippen molar-refractivity contribution in [1.82, 2.24) is 15.1 Å². The first-order valence-corrected chi connectivity index (χ1v) is 11.0. The van der Waals surface area contributed by atoms with Crippen molar-refractivity contribution in [1.29, 1.82) is 0 Å². The van der Waals surface area contributed by atoms with Crippen LogP contribution in [0, 0.1) is 6.92 Å². The lowest BCUT2D eigenvalue weighted by molar-refractivity contribution is -0.129. The zero-order chi connectivity index (χ0) is 22.2. The minimum Gasteiger partial charge on any atom is -0.497 e. The highest BCUT2D eigenvalue weighted by Gasteiger charge is 2.18. The zero-order valence-corrected chi connectivity index (χ0v) is 19.1. The Morgan fingerprint density at radius 1 is 1.10 bits per heavy atom. The van der Waals surface area contributed by atoms with Gasteiger partial charge in [-0.25, -0.2) is 0 Å². The summed E-state index contributed by atoms with van der Waals surface area (Å²) in [5, 5.41) is 8.51. The molecule has 0 atom stereocenters. The van der Waals surface area contributed by atoms with Gasteiger partial charge in [0.2, 0.25) is 5.91 Å². The Balaban J connectivity index is 1.64. The molecule has 0 radical (unpaired) electrons. The highest BCUT2D eigenvalue weighted by Crippen LogP contribution is 2.33. The number of methoxy groups -OCH3 is 2. The minimum absolute atomic E-state index is 0.0363. The first kappa shape index (κ1) is 22.7. The first-order valence-electron chi connectivity index (χ1n) is 10.1. The number of nitrogens with zero attached hydrogens (tertiary/aromatic N) is 3. The molecule has 1 amide bonds. The lowest BCUT2D eigenvalue weighted by atomic mass is 10.1. The normalized spacial score (nSPS) is 10.7. The van der Waals surface area contributed by atoms with Gasteiger partial charge >= 0.3 is 0 Å². The van der Waals surface area contributed by atoms with Crippen LogP contribution in [0.15, 0.2) is 52.1 Å². The van der Waals surface area contributed by atoms with Crippen LogP contribution in [0.25, 0.3) is 11.5 Å². The molecule has 0 aliphatic heterocycles. The summed E-state index contributed by atoms with van der Waals surface area (Å²) in [7, 11) is 3.16. The van der Waals surface area contributed by atoms with Crippen LogP contribution in [0.3, 0.4) is 0 Å². The van der Waals surface area contributed by atoms with Crippen LogP contribution >= 0.6 is 11.8 Å². The summed E-state index contributed by atoms with van der Waals surface area (Å²) >= 11 is 1.24. The third-order valence-electron chi connectivity index (χ3n) is 4.70. The maximum Gasteiger partial charge on any atom is 0.277 e. The van der Waals surface area contributed by atoms with Gasteiger partial charge in [-0.2, -0.15) is 0 Å². The second-order valence-corrected chi connectivity index (χ2v) is 7.96. The smallest absolute Gasteiger partial charge is 0.277 e. The number of amides is 1. The number of aryl methyl sites for hydroxylation is 1. The van der Waals surface area contributed by atoms with Gasteiger partial charge in [-0.3, -0.25) is 4.79 Å². The molecule has 3 aromatic rings.